The summed E-state index contributed by atoms with van der Waals surface area (Å²) in [5.74, 6) is 0.282. The maximum atomic E-state index is 13.3. The zero-order chi connectivity index (χ0) is 24.4. The molecule has 8 nitrogen and oxygen atoms in total. The minimum absolute atomic E-state index is 0.0117. The van der Waals surface area contributed by atoms with Gasteiger partial charge in [0.15, 0.2) is 5.82 Å². The third-order valence-electron chi connectivity index (χ3n) is 6.18. The van der Waals surface area contributed by atoms with E-state index in [1.807, 2.05) is 12.1 Å². The highest BCUT2D eigenvalue weighted by Crippen LogP contribution is 2.30. The van der Waals surface area contributed by atoms with Crippen molar-refractivity contribution >= 4 is 11.8 Å². The Bertz CT molecular complexity index is 1260. The van der Waals surface area contributed by atoms with Crippen LogP contribution < -0.4 is 21.1 Å². The van der Waals surface area contributed by atoms with Crippen molar-refractivity contribution in [3.63, 3.8) is 0 Å². The Morgan fingerprint density at radius 1 is 1.09 bits per heavy atom. The van der Waals surface area contributed by atoms with E-state index in [0.29, 0.717) is 48.6 Å². The van der Waals surface area contributed by atoms with E-state index in [-0.39, 0.29) is 23.3 Å². The van der Waals surface area contributed by atoms with Crippen molar-refractivity contribution in [1.29, 1.82) is 0 Å². The quantitative estimate of drug-likeness (QED) is 0.438. The number of primary amides is 1. The molecule has 180 valence electrons. The van der Waals surface area contributed by atoms with Crippen LogP contribution >= 0.6 is 0 Å². The summed E-state index contributed by atoms with van der Waals surface area (Å²) in [6, 6.07) is 13.4. The average Bonchev–Trinajstić information content (AvgIpc) is 3.60. The first-order valence-electron chi connectivity index (χ1n) is 11.7. The van der Waals surface area contributed by atoms with Crippen molar-refractivity contribution < 1.29 is 18.7 Å². The molecular formula is C26H26FN5O3. The van der Waals surface area contributed by atoms with E-state index in [0.717, 1.165) is 30.4 Å². The van der Waals surface area contributed by atoms with Crippen LogP contribution in [-0.4, -0.2) is 34.4 Å². The third-order valence-corrected chi connectivity index (χ3v) is 6.18. The van der Waals surface area contributed by atoms with E-state index in [2.05, 4.69) is 15.6 Å². The molecule has 2 aromatic carbocycles. The van der Waals surface area contributed by atoms with Gasteiger partial charge in [0.25, 0.3) is 5.91 Å². The molecule has 1 aliphatic carbocycles. The largest absolute Gasteiger partial charge is 0.457 e. The van der Waals surface area contributed by atoms with Crippen LogP contribution in [0.3, 0.4) is 0 Å². The van der Waals surface area contributed by atoms with Gasteiger partial charge >= 0.3 is 0 Å². The molecule has 0 radical (unpaired) electrons. The molecule has 1 unspecified atom stereocenters. The lowest BCUT2D eigenvalue weighted by Crippen LogP contribution is -2.21. The summed E-state index contributed by atoms with van der Waals surface area (Å²) in [6.07, 6.45) is 3.38. The first-order valence-corrected chi connectivity index (χ1v) is 11.7. The summed E-state index contributed by atoms with van der Waals surface area (Å²) in [4.78, 5) is 33.2. The second-order valence-corrected chi connectivity index (χ2v) is 8.94. The zero-order valence-corrected chi connectivity index (χ0v) is 19.1. The molecule has 9 heteroatoms. The minimum Gasteiger partial charge on any atom is -0.457 e. The van der Waals surface area contributed by atoms with Gasteiger partial charge in [-0.15, -0.1) is 0 Å². The predicted octanol–water partition coefficient (Wildman–Crippen LogP) is 3.10. The van der Waals surface area contributed by atoms with Gasteiger partial charge in [0.1, 0.15) is 23.0 Å². The molecule has 1 atom stereocenters. The van der Waals surface area contributed by atoms with E-state index in [4.69, 9.17) is 15.5 Å². The van der Waals surface area contributed by atoms with Gasteiger partial charge in [-0.2, -0.15) is 0 Å². The minimum atomic E-state index is -0.653. The number of carbonyl (C=O) groups excluding carboxylic acids is 2. The number of nitrogens with zero attached hydrogens (tertiary/aromatic N) is 2. The fourth-order valence-electron chi connectivity index (χ4n) is 4.12. The summed E-state index contributed by atoms with van der Waals surface area (Å²) in [7, 11) is 0. The molecule has 1 saturated heterocycles. The molecule has 4 N–H and O–H groups in total. The number of ether oxygens (including phenoxy) is 1. The van der Waals surface area contributed by atoms with Crippen molar-refractivity contribution in [2.75, 3.05) is 6.54 Å². The summed E-state index contributed by atoms with van der Waals surface area (Å²) in [5.41, 5.74) is 7.90. The molecule has 1 aliphatic heterocycles. The van der Waals surface area contributed by atoms with Gasteiger partial charge in [-0.1, -0.05) is 0 Å². The molecule has 2 amide bonds. The highest BCUT2D eigenvalue weighted by Gasteiger charge is 2.26. The molecule has 5 rings (SSSR count). The highest BCUT2D eigenvalue weighted by atomic mass is 19.1. The number of nitrogens with one attached hydrogen (secondary N) is 2. The number of nitrogens with two attached hydrogens (primary N) is 1. The van der Waals surface area contributed by atoms with Gasteiger partial charge in [-0.25, -0.2) is 14.4 Å². The van der Waals surface area contributed by atoms with E-state index < -0.39 is 5.91 Å². The van der Waals surface area contributed by atoms with Crippen molar-refractivity contribution in [3.05, 3.63) is 71.3 Å². The molecule has 1 saturated carbocycles. The number of halogens is 1. The van der Waals surface area contributed by atoms with Crippen LogP contribution in [0.4, 0.5) is 4.39 Å². The fraction of sp³-hybridized carbons (Fsp3) is 0.308. The predicted molar refractivity (Wildman–Crippen MR) is 127 cm³/mol. The Kier molecular flexibility index (Phi) is 6.41. The molecule has 3 aromatic rings. The number of carbonyl (C=O) groups is 2. The Morgan fingerprint density at radius 2 is 1.86 bits per heavy atom. The van der Waals surface area contributed by atoms with E-state index >= 15 is 0 Å². The van der Waals surface area contributed by atoms with Gasteiger partial charge in [-0.05, 0) is 73.4 Å². The highest BCUT2D eigenvalue weighted by molar-refractivity contribution is 5.91. The van der Waals surface area contributed by atoms with Crippen molar-refractivity contribution in [1.82, 2.24) is 20.6 Å². The average molecular weight is 476 g/mol. The summed E-state index contributed by atoms with van der Waals surface area (Å²) in [5, 5.41) is 6.32. The first-order chi connectivity index (χ1) is 16.9. The van der Waals surface area contributed by atoms with Gasteiger partial charge < -0.3 is 21.1 Å². The number of hydrogen-bond acceptors (Lipinski definition) is 6. The Morgan fingerprint density at radius 3 is 2.54 bits per heavy atom. The summed E-state index contributed by atoms with van der Waals surface area (Å²) >= 11 is 0. The molecule has 35 heavy (non-hydrogen) atoms. The molecule has 2 fully saturated rings. The van der Waals surface area contributed by atoms with Crippen LogP contribution in [0.2, 0.25) is 0 Å². The van der Waals surface area contributed by atoms with E-state index in [1.165, 1.54) is 12.1 Å². The number of amides is 2. The Hall–Kier alpha value is -3.85. The van der Waals surface area contributed by atoms with Gasteiger partial charge in [0.05, 0.1) is 0 Å². The molecule has 0 bridgehead atoms. The Balaban J connectivity index is 1.49. The normalized spacial score (nSPS) is 17.3. The Labute approximate surface area is 202 Å². The maximum absolute atomic E-state index is 13.3. The van der Waals surface area contributed by atoms with Crippen LogP contribution in [0.1, 0.15) is 41.0 Å². The molecule has 1 aromatic heterocycles. The van der Waals surface area contributed by atoms with Crippen molar-refractivity contribution in [2.45, 2.75) is 38.3 Å². The lowest BCUT2D eigenvalue weighted by atomic mass is 10.0. The molecule has 2 heterocycles. The molecule has 2 aliphatic rings. The van der Waals surface area contributed by atoms with Crippen molar-refractivity contribution in [3.8, 4) is 22.9 Å². The lowest BCUT2D eigenvalue weighted by molar-refractivity contribution is -0.122. The first kappa shape index (κ1) is 22.9. The monoisotopic (exact) mass is 475 g/mol. The van der Waals surface area contributed by atoms with E-state index in [1.54, 1.807) is 24.3 Å². The van der Waals surface area contributed by atoms with Crippen LogP contribution in [0.25, 0.3) is 11.4 Å². The standard InChI is InChI=1S/C26H26FN5O3/c27-17-1-5-20(6-2-17)35-21-7-8-22(16(12-21)14-30-18-3-4-18)25-31-19(13-23(32-25)24(28)33)11-15-9-10-29-26(15)34/h1-2,5-8,12-13,15,18,30H,3-4,9-11,14H2,(H2,28,33)(H,29,34). The summed E-state index contributed by atoms with van der Waals surface area (Å²) in [6.45, 7) is 1.20. The zero-order valence-electron chi connectivity index (χ0n) is 19.1. The van der Waals surface area contributed by atoms with Gasteiger partial charge in [0, 0.05) is 42.7 Å². The second-order valence-electron chi connectivity index (χ2n) is 8.94. The van der Waals surface area contributed by atoms with Gasteiger partial charge in [-0.3, -0.25) is 9.59 Å². The SMILES string of the molecule is NC(=O)c1cc(CC2CCNC2=O)nc(-c2ccc(Oc3ccc(F)cc3)cc2CNC2CC2)n1. The number of aromatic nitrogens is 2. The van der Waals surface area contributed by atoms with Crippen LogP contribution in [0.15, 0.2) is 48.5 Å². The second kappa shape index (κ2) is 9.79. The van der Waals surface area contributed by atoms with Crippen molar-refractivity contribution in [2.24, 2.45) is 11.7 Å². The van der Waals surface area contributed by atoms with E-state index in [9.17, 15) is 14.0 Å². The smallest absolute Gasteiger partial charge is 0.267 e. The number of rotatable bonds is 9. The van der Waals surface area contributed by atoms with Crippen LogP contribution in [0.5, 0.6) is 11.5 Å². The fourth-order valence-corrected chi connectivity index (χ4v) is 4.12. The number of benzene rings is 2. The number of hydrogen-bond donors (Lipinski definition) is 3. The lowest BCUT2D eigenvalue weighted by Gasteiger charge is -2.15. The van der Waals surface area contributed by atoms with Crippen LogP contribution in [-0.2, 0) is 17.8 Å². The molecule has 0 spiro atoms. The molecular weight excluding hydrogens is 449 g/mol. The topological polar surface area (TPSA) is 119 Å². The maximum Gasteiger partial charge on any atom is 0.267 e. The van der Waals surface area contributed by atoms with Crippen LogP contribution in [0, 0.1) is 11.7 Å². The summed E-state index contributed by atoms with van der Waals surface area (Å²) < 4.78 is 19.2. The third kappa shape index (κ3) is 5.63. The van der Waals surface area contributed by atoms with Gasteiger partial charge in [0.2, 0.25) is 5.91 Å².